The van der Waals surface area contributed by atoms with Gasteiger partial charge in [0.2, 0.25) is 5.91 Å². The number of benzene rings is 3. The van der Waals surface area contributed by atoms with Gasteiger partial charge in [-0.25, -0.2) is 4.79 Å². The van der Waals surface area contributed by atoms with Crippen molar-refractivity contribution < 1.29 is 19.5 Å². The average Bonchev–Trinajstić information content (AvgIpc) is 2.70. The summed E-state index contributed by atoms with van der Waals surface area (Å²) >= 11 is 1.24. The van der Waals surface area contributed by atoms with E-state index < -0.39 is 5.97 Å². The molecule has 3 aromatic rings. The fourth-order valence-corrected chi connectivity index (χ4v) is 3.74. The Morgan fingerprint density at radius 2 is 1.55 bits per heavy atom. The van der Waals surface area contributed by atoms with Crippen molar-refractivity contribution in [2.75, 3.05) is 5.32 Å². The maximum absolute atomic E-state index is 12.5. The molecule has 0 fully saturated rings. The molecule has 6 heteroatoms. The molecule has 0 bridgehead atoms. The summed E-state index contributed by atoms with van der Waals surface area (Å²) in [5.74, 6) is -0.768. The van der Waals surface area contributed by atoms with Crippen molar-refractivity contribution in [1.82, 2.24) is 0 Å². The Labute approximate surface area is 173 Å². The number of fused-ring (bicyclic) bond motifs is 1. The van der Waals surface area contributed by atoms with Crippen LogP contribution in [-0.4, -0.2) is 22.1 Å². The van der Waals surface area contributed by atoms with Crippen LogP contribution in [0.3, 0.4) is 0 Å². The average molecular weight is 407 g/mol. The fourth-order valence-electron chi connectivity index (χ4n) is 3.10. The number of carbonyl (C=O) groups is 3. The molecule has 0 atom stereocenters. The molecule has 29 heavy (non-hydrogen) atoms. The summed E-state index contributed by atoms with van der Waals surface area (Å²) < 4.78 is 0. The quantitative estimate of drug-likeness (QED) is 0.583. The van der Waals surface area contributed by atoms with E-state index in [1.165, 1.54) is 18.7 Å². The molecule has 0 spiro atoms. The minimum Gasteiger partial charge on any atom is -0.478 e. The zero-order valence-electron chi connectivity index (χ0n) is 16.0. The molecule has 3 aromatic carbocycles. The molecule has 148 valence electrons. The summed E-state index contributed by atoms with van der Waals surface area (Å²) in [6, 6.07) is 18.4. The molecule has 0 saturated carbocycles. The van der Waals surface area contributed by atoms with E-state index in [9.17, 15) is 19.5 Å². The van der Waals surface area contributed by atoms with Crippen LogP contribution in [0.1, 0.15) is 34.8 Å². The van der Waals surface area contributed by atoms with Crippen LogP contribution in [0.15, 0.2) is 60.7 Å². The highest BCUT2D eigenvalue weighted by Gasteiger charge is 2.14. The predicted molar refractivity (Wildman–Crippen MR) is 116 cm³/mol. The normalized spacial score (nSPS) is 10.7. The molecule has 0 unspecified atom stereocenters. The van der Waals surface area contributed by atoms with Crippen LogP contribution in [0.2, 0.25) is 0 Å². The lowest BCUT2D eigenvalue weighted by Crippen LogP contribution is -2.15. The Morgan fingerprint density at radius 3 is 2.21 bits per heavy atom. The van der Waals surface area contributed by atoms with E-state index in [4.69, 9.17) is 0 Å². The summed E-state index contributed by atoms with van der Waals surface area (Å²) in [6.45, 7) is 1.53. The molecule has 5 nitrogen and oxygen atoms in total. The lowest BCUT2D eigenvalue weighted by atomic mass is 10.0. The van der Waals surface area contributed by atoms with Gasteiger partial charge in [-0.05, 0) is 40.5 Å². The smallest absolute Gasteiger partial charge is 0.337 e. The van der Waals surface area contributed by atoms with E-state index in [-0.39, 0.29) is 23.0 Å². The summed E-state index contributed by atoms with van der Waals surface area (Å²) in [5, 5.41) is 14.0. The van der Waals surface area contributed by atoms with Gasteiger partial charge in [0.1, 0.15) is 0 Å². The van der Waals surface area contributed by atoms with Crippen LogP contribution in [-0.2, 0) is 21.8 Å². The molecule has 0 saturated heterocycles. The third kappa shape index (κ3) is 5.45. The van der Waals surface area contributed by atoms with Gasteiger partial charge in [-0.2, -0.15) is 0 Å². The summed E-state index contributed by atoms with van der Waals surface area (Å²) in [4.78, 5) is 35.4. The topological polar surface area (TPSA) is 83.5 Å². The second kappa shape index (κ2) is 9.39. The number of aryl methyl sites for hydroxylation is 1. The lowest BCUT2D eigenvalue weighted by molar-refractivity contribution is -0.116. The molecule has 0 aliphatic heterocycles. The Morgan fingerprint density at radius 1 is 0.931 bits per heavy atom. The van der Waals surface area contributed by atoms with Gasteiger partial charge < -0.3 is 10.4 Å². The van der Waals surface area contributed by atoms with Crippen LogP contribution in [0, 0.1) is 0 Å². The molecule has 0 aliphatic carbocycles. The van der Waals surface area contributed by atoms with Gasteiger partial charge in [0.25, 0.3) is 0 Å². The second-order valence-electron chi connectivity index (χ2n) is 6.65. The Hall–Kier alpha value is -3.12. The molecule has 3 rings (SSSR count). The number of aromatic carboxylic acids is 1. The first-order valence-electron chi connectivity index (χ1n) is 9.20. The summed E-state index contributed by atoms with van der Waals surface area (Å²) in [5.41, 5.74) is 2.39. The van der Waals surface area contributed by atoms with Gasteiger partial charge in [-0.1, -0.05) is 60.3 Å². The van der Waals surface area contributed by atoms with Gasteiger partial charge in [-0.15, -0.1) is 0 Å². The largest absolute Gasteiger partial charge is 0.478 e. The van der Waals surface area contributed by atoms with E-state index in [1.807, 2.05) is 48.5 Å². The molecule has 2 N–H and O–H groups in total. The Kier molecular flexibility index (Phi) is 6.67. The molecule has 0 aromatic heterocycles. The van der Waals surface area contributed by atoms with Crippen LogP contribution in [0.25, 0.3) is 10.8 Å². The molecule has 0 heterocycles. The number of carbonyl (C=O) groups excluding carboxylic acids is 2. The Bertz CT molecular complexity index is 1080. The number of amides is 1. The monoisotopic (exact) mass is 407 g/mol. The van der Waals surface area contributed by atoms with Crippen LogP contribution >= 0.6 is 11.8 Å². The van der Waals surface area contributed by atoms with E-state index in [0.29, 0.717) is 17.9 Å². The highest BCUT2D eigenvalue weighted by molar-refractivity contribution is 8.12. The van der Waals surface area contributed by atoms with E-state index in [0.717, 1.165) is 21.9 Å². The lowest BCUT2D eigenvalue weighted by Gasteiger charge is -2.12. The number of hydrogen-bond acceptors (Lipinski definition) is 4. The minimum absolute atomic E-state index is 0.0510. The SMILES string of the molecule is CC(=O)SCc1ccccc1CCC(=O)Nc1cc2ccccc2cc1C(=O)O. The van der Waals surface area contributed by atoms with E-state index in [2.05, 4.69) is 5.32 Å². The number of carboxylic acid groups (broad SMARTS) is 1. The minimum atomic E-state index is -1.09. The number of thioether (sulfide) groups is 1. The Balaban J connectivity index is 1.73. The predicted octanol–water partition coefficient (Wildman–Crippen LogP) is 4.89. The maximum Gasteiger partial charge on any atom is 0.337 e. The number of rotatable bonds is 7. The zero-order chi connectivity index (χ0) is 20.8. The highest BCUT2D eigenvalue weighted by atomic mass is 32.2. The van der Waals surface area contributed by atoms with Crippen molar-refractivity contribution in [3.8, 4) is 0 Å². The van der Waals surface area contributed by atoms with Gasteiger partial charge >= 0.3 is 5.97 Å². The van der Waals surface area contributed by atoms with Crippen LogP contribution in [0.5, 0.6) is 0 Å². The van der Waals surface area contributed by atoms with Crippen molar-refractivity contribution in [2.24, 2.45) is 0 Å². The number of carboxylic acids is 1. The van der Waals surface area contributed by atoms with Gasteiger partial charge in [-0.3, -0.25) is 9.59 Å². The number of anilines is 1. The first kappa shape index (κ1) is 20.6. The fraction of sp³-hybridized carbons (Fsp3) is 0.174. The summed E-state index contributed by atoms with van der Waals surface area (Å²) in [7, 11) is 0. The van der Waals surface area contributed by atoms with Crippen LogP contribution < -0.4 is 5.32 Å². The standard InChI is InChI=1S/C23H21NO4S/c1-15(25)29-14-19-9-5-2-6-16(19)10-11-22(26)24-21-13-18-8-4-3-7-17(18)12-20(21)23(27)28/h2-9,12-13H,10-11,14H2,1H3,(H,24,26)(H,27,28). The van der Waals surface area contributed by atoms with Gasteiger partial charge in [0.15, 0.2) is 5.12 Å². The van der Waals surface area contributed by atoms with Gasteiger partial charge in [0.05, 0.1) is 11.3 Å². The van der Waals surface area contributed by atoms with Crippen molar-refractivity contribution in [1.29, 1.82) is 0 Å². The van der Waals surface area contributed by atoms with Crippen molar-refractivity contribution in [3.05, 3.63) is 77.4 Å². The zero-order valence-corrected chi connectivity index (χ0v) is 16.8. The first-order valence-corrected chi connectivity index (χ1v) is 10.2. The molecule has 0 aliphatic rings. The van der Waals surface area contributed by atoms with Crippen molar-refractivity contribution in [3.63, 3.8) is 0 Å². The first-order chi connectivity index (χ1) is 13.9. The van der Waals surface area contributed by atoms with Crippen molar-refractivity contribution >= 4 is 45.2 Å². The third-order valence-electron chi connectivity index (χ3n) is 4.56. The molecule has 1 amide bonds. The number of hydrogen-bond donors (Lipinski definition) is 2. The van der Waals surface area contributed by atoms with Crippen LogP contribution in [0.4, 0.5) is 5.69 Å². The van der Waals surface area contributed by atoms with E-state index in [1.54, 1.807) is 12.1 Å². The van der Waals surface area contributed by atoms with Crippen molar-refractivity contribution in [2.45, 2.75) is 25.5 Å². The highest BCUT2D eigenvalue weighted by Crippen LogP contribution is 2.25. The third-order valence-corrected chi connectivity index (χ3v) is 5.42. The molecular formula is C23H21NO4S. The second-order valence-corrected chi connectivity index (χ2v) is 7.80. The summed E-state index contributed by atoms with van der Waals surface area (Å²) in [6.07, 6.45) is 0.726. The maximum atomic E-state index is 12.5. The molecular weight excluding hydrogens is 386 g/mol. The van der Waals surface area contributed by atoms with E-state index >= 15 is 0 Å². The molecule has 0 radical (unpaired) electrons. The van der Waals surface area contributed by atoms with Gasteiger partial charge in [0, 0.05) is 19.1 Å². The number of nitrogens with one attached hydrogen (secondary N) is 1.